The van der Waals surface area contributed by atoms with E-state index in [0.29, 0.717) is 0 Å². The molecule has 5 unspecified atom stereocenters. The minimum atomic E-state index is -1.34. The van der Waals surface area contributed by atoms with Crippen molar-refractivity contribution < 1.29 is 39.3 Å². The number of carbonyl (C=O) groups is 5. The Kier molecular flexibility index (Phi) is 11.1. The highest BCUT2D eigenvalue weighted by molar-refractivity contribution is 7.80. The first kappa shape index (κ1) is 25.6. The molecule has 12 nitrogen and oxygen atoms in total. The summed E-state index contributed by atoms with van der Waals surface area (Å²) in [6, 6.07) is -5.11. The average Bonchev–Trinajstić information content (AvgIpc) is 2.60. The third-order valence-electron chi connectivity index (χ3n) is 3.65. The van der Waals surface area contributed by atoms with Gasteiger partial charge in [0.15, 0.2) is 0 Å². The highest BCUT2D eigenvalue weighted by Gasteiger charge is 2.29. The van der Waals surface area contributed by atoms with Crippen molar-refractivity contribution in [3.05, 3.63) is 0 Å². The Balaban J connectivity index is 5.06. The second-order valence-corrected chi connectivity index (χ2v) is 6.44. The largest absolute Gasteiger partial charge is 0.481 e. The van der Waals surface area contributed by atoms with E-state index in [-0.39, 0.29) is 12.2 Å². The van der Waals surface area contributed by atoms with E-state index < -0.39 is 66.4 Å². The maximum Gasteiger partial charge on any atom is 0.327 e. The molecule has 160 valence electrons. The van der Waals surface area contributed by atoms with E-state index in [0.717, 1.165) is 0 Å². The molecular weight excluding hydrogens is 396 g/mol. The van der Waals surface area contributed by atoms with E-state index in [1.165, 1.54) is 13.8 Å². The molecule has 0 heterocycles. The van der Waals surface area contributed by atoms with Gasteiger partial charge in [0, 0.05) is 12.2 Å². The van der Waals surface area contributed by atoms with Crippen molar-refractivity contribution >= 4 is 42.3 Å². The number of nitrogens with two attached hydrogens (primary N) is 1. The van der Waals surface area contributed by atoms with E-state index in [2.05, 4.69) is 28.6 Å². The van der Waals surface area contributed by atoms with Crippen molar-refractivity contribution in [3.63, 3.8) is 0 Å². The third kappa shape index (κ3) is 9.01. The Labute approximate surface area is 166 Å². The van der Waals surface area contributed by atoms with Gasteiger partial charge in [-0.1, -0.05) is 0 Å². The highest BCUT2D eigenvalue weighted by Crippen LogP contribution is 2.01. The summed E-state index contributed by atoms with van der Waals surface area (Å²) in [5, 5.41) is 33.7. The summed E-state index contributed by atoms with van der Waals surface area (Å²) in [5.41, 5.74) is 5.48. The van der Waals surface area contributed by atoms with Crippen LogP contribution in [0.15, 0.2) is 0 Å². The summed E-state index contributed by atoms with van der Waals surface area (Å²) in [4.78, 5) is 58.0. The predicted octanol–water partition coefficient (Wildman–Crippen LogP) is -2.95. The molecule has 8 N–H and O–H groups in total. The van der Waals surface area contributed by atoms with Gasteiger partial charge in [-0.05, 0) is 20.3 Å². The molecule has 0 aliphatic rings. The fourth-order valence-electron chi connectivity index (χ4n) is 1.89. The molecule has 0 radical (unpaired) electrons. The van der Waals surface area contributed by atoms with Gasteiger partial charge in [-0.3, -0.25) is 19.2 Å². The monoisotopic (exact) mass is 422 g/mol. The van der Waals surface area contributed by atoms with Gasteiger partial charge in [0.1, 0.15) is 24.2 Å². The molecule has 0 fully saturated rings. The molecule has 0 bridgehead atoms. The van der Waals surface area contributed by atoms with Crippen LogP contribution in [0.5, 0.6) is 0 Å². The molecule has 28 heavy (non-hydrogen) atoms. The summed E-state index contributed by atoms with van der Waals surface area (Å²) < 4.78 is 0. The van der Waals surface area contributed by atoms with Gasteiger partial charge in [-0.2, -0.15) is 12.6 Å². The molecule has 0 aliphatic heterocycles. The molecule has 13 heteroatoms. The first-order chi connectivity index (χ1) is 12.9. The van der Waals surface area contributed by atoms with Crippen LogP contribution in [0.1, 0.15) is 26.7 Å². The number of carboxylic acid groups (broad SMARTS) is 2. The molecule has 3 amide bonds. The van der Waals surface area contributed by atoms with E-state index in [4.69, 9.17) is 15.9 Å². The number of rotatable bonds is 12. The Hall–Kier alpha value is -2.38. The average molecular weight is 422 g/mol. The highest BCUT2D eigenvalue weighted by atomic mass is 32.1. The van der Waals surface area contributed by atoms with Crippen molar-refractivity contribution in [2.24, 2.45) is 5.73 Å². The number of carboxylic acids is 2. The van der Waals surface area contributed by atoms with E-state index >= 15 is 0 Å². The summed E-state index contributed by atoms with van der Waals surface area (Å²) in [5.74, 6) is -5.24. The van der Waals surface area contributed by atoms with Crippen molar-refractivity contribution in [1.29, 1.82) is 0 Å². The first-order valence-electron chi connectivity index (χ1n) is 8.30. The predicted molar refractivity (Wildman–Crippen MR) is 99.5 cm³/mol. The van der Waals surface area contributed by atoms with Crippen LogP contribution >= 0.6 is 12.6 Å². The second kappa shape index (κ2) is 12.2. The van der Waals surface area contributed by atoms with Crippen molar-refractivity contribution in [3.8, 4) is 0 Å². The molecule has 0 spiro atoms. The third-order valence-corrected chi connectivity index (χ3v) is 4.02. The minimum absolute atomic E-state index is 0.170. The summed E-state index contributed by atoms with van der Waals surface area (Å²) in [7, 11) is 0. The molecular formula is C15H26N4O8S. The minimum Gasteiger partial charge on any atom is -0.481 e. The molecule has 0 aromatic carbocycles. The van der Waals surface area contributed by atoms with Crippen molar-refractivity contribution in [2.45, 2.75) is 57.0 Å². The van der Waals surface area contributed by atoms with Crippen LogP contribution in [-0.2, 0) is 24.0 Å². The van der Waals surface area contributed by atoms with Crippen LogP contribution in [-0.4, -0.2) is 81.0 Å². The molecule has 5 atom stereocenters. The first-order valence-corrected chi connectivity index (χ1v) is 8.94. The molecule has 0 aromatic heterocycles. The Bertz CT molecular complexity index is 601. The van der Waals surface area contributed by atoms with Gasteiger partial charge in [0.2, 0.25) is 17.7 Å². The molecule has 0 rings (SSSR count). The van der Waals surface area contributed by atoms with Gasteiger partial charge < -0.3 is 37.0 Å². The fraction of sp³-hybridized carbons (Fsp3) is 0.667. The van der Waals surface area contributed by atoms with E-state index in [1.807, 2.05) is 0 Å². The Morgan fingerprint density at radius 1 is 0.929 bits per heavy atom. The fourth-order valence-corrected chi connectivity index (χ4v) is 2.13. The zero-order valence-electron chi connectivity index (χ0n) is 15.4. The maximum absolute atomic E-state index is 12.4. The van der Waals surface area contributed by atoms with Gasteiger partial charge in [-0.15, -0.1) is 0 Å². The standard InChI is InChI=1S/C15H26N4O8S/c1-6(12(23)19-9(5-28)15(26)27)17-13(24)8(3-4-10(21)22)18-14(25)11(16)7(2)20/h6-9,11,20,28H,3-5,16H2,1-2H3,(H,17,24)(H,18,25)(H,19,23)(H,21,22)(H,26,27). The molecule has 0 aromatic rings. The number of thiol groups is 1. The number of carbonyl (C=O) groups excluding carboxylic acids is 3. The number of amides is 3. The number of aliphatic hydroxyl groups is 1. The zero-order valence-corrected chi connectivity index (χ0v) is 16.3. The zero-order chi connectivity index (χ0) is 22.0. The topological polar surface area (TPSA) is 208 Å². The SMILES string of the molecule is CC(NC(=O)C(CCC(=O)O)NC(=O)C(N)C(C)O)C(=O)NC(CS)C(=O)O. The second-order valence-electron chi connectivity index (χ2n) is 6.07. The van der Waals surface area contributed by atoms with Gasteiger partial charge in [0.25, 0.3) is 0 Å². The van der Waals surface area contributed by atoms with Crippen LogP contribution in [0.3, 0.4) is 0 Å². The summed E-state index contributed by atoms with van der Waals surface area (Å²) in [6.07, 6.45) is -1.95. The Morgan fingerprint density at radius 3 is 1.89 bits per heavy atom. The molecule has 0 saturated heterocycles. The number of hydrogen-bond donors (Lipinski definition) is 8. The number of aliphatic carboxylic acids is 2. The van der Waals surface area contributed by atoms with Crippen molar-refractivity contribution in [2.75, 3.05) is 5.75 Å². The van der Waals surface area contributed by atoms with E-state index in [1.54, 1.807) is 0 Å². The Morgan fingerprint density at radius 2 is 1.46 bits per heavy atom. The van der Waals surface area contributed by atoms with Crippen LogP contribution < -0.4 is 21.7 Å². The van der Waals surface area contributed by atoms with Gasteiger partial charge in [-0.25, -0.2) is 4.79 Å². The van der Waals surface area contributed by atoms with Crippen LogP contribution in [0.2, 0.25) is 0 Å². The number of hydrogen-bond acceptors (Lipinski definition) is 8. The van der Waals surface area contributed by atoms with Crippen LogP contribution in [0.25, 0.3) is 0 Å². The van der Waals surface area contributed by atoms with Gasteiger partial charge >= 0.3 is 11.9 Å². The lowest BCUT2D eigenvalue weighted by atomic mass is 10.1. The maximum atomic E-state index is 12.4. The number of nitrogens with one attached hydrogen (secondary N) is 3. The lowest BCUT2D eigenvalue weighted by Gasteiger charge is -2.23. The number of aliphatic hydroxyl groups excluding tert-OH is 1. The van der Waals surface area contributed by atoms with Crippen LogP contribution in [0, 0.1) is 0 Å². The van der Waals surface area contributed by atoms with Gasteiger partial charge in [0.05, 0.1) is 6.10 Å². The van der Waals surface area contributed by atoms with Crippen molar-refractivity contribution in [1.82, 2.24) is 16.0 Å². The normalized spacial score (nSPS) is 16.0. The smallest absolute Gasteiger partial charge is 0.327 e. The van der Waals surface area contributed by atoms with Crippen LogP contribution in [0.4, 0.5) is 0 Å². The molecule has 0 saturated carbocycles. The lowest BCUT2D eigenvalue weighted by Crippen LogP contribution is -2.57. The molecule has 0 aliphatic carbocycles. The quantitative estimate of drug-likeness (QED) is 0.151. The summed E-state index contributed by atoms with van der Waals surface area (Å²) >= 11 is 3.80. The lowest BCUT2D eigenvalue weighted by molar-refractivity contribution is -0.141. The van der Waals surface area contributed by atoms with E-state index in [9.17, 15) is 29.1 Å². The summed E-state index contributed by atoms with van der Waals surface area (Å²) in [6.45, 7) is 2.55.